The molecule has 15 heavy (non-hydrogen) atoms. The second-order valence-electron chi connectivity index (χ2n) is 2.78. The second kappa shape index (κ2) is 4.51. The maximum atomic E-state index is 9.10. The first-order valence-corrected chi connectivity index (χ1v) is 5.38. The highest BCUT2D eigenvalue weighted by molar-refractivity contribution is 7.99. The van der Waals surface area contributed by atoms with Crippen LogP contribution in [0.25, 0.3) is 0 Å². The van der Waals surface area contributed by atoms with Crippen molar-refractivity contribution in [3.05, 3.63) is 41.7 Å². The fraction of sp³-hybridized carbons (Fsp3) is 0. The number of benzene rings is 1. The zero-order valence-electron chi connectivity index (χ0n) is 7.59. The molecule has 0 radical (unpaired) electrons. The molecular weight excluding hydrogens is 232 g/mol. The number of hydrogen-bond acceptors (Lipinski definition) is 4. The van der Waals surface area contributed by atoms with Crippen molar-refractivity contribution in [1.82, 2.24) is 9.97 Å². The Morgan fingerprint density at radius 3 is 2.27 bits per heavy atom. The lowest BCUT2D eigenvalue weighted by Gasteiger charge is -1.99. The quantitative estimate of drug-likeness (QED) is 0.817. The molecule has 0 fully saturated rings. The predicted molar refractivity (Wildman–Crippen MR) is 59.3 cm³/mol. The van der Waals surface area contributed by atoms with Crippen LogP contribution >= 0.6 is 23.4 Å². The molecule has 0 atom stereocenters. The molecule has 0 amide bonds. The summed E-state index contributed by atoms with van der Waals surface area (Å²) < 4.78 is 0. The van der Waals surface area contributed by atoms with Gasteiger partial charge in [0.25, 0.3) is 0 Å². The van der Waals surface area contributed by atoms with E-state index < -0.39 is 0 Å². The molecule has 2 aromatic rings. The van der Waals surface area contributed by atoms with E-state index in [1.807, 2.05) is 0 Å². The Balaban J connectivity index is 2.15. The Morgan fingerprint density at radius 1 is 1.07 bits per heavy atom. The molecular formula is C10H7ClN2OS. The highest BCUT2D eigenvalue weighted by atomic mass is 35.5. The van der Waals surface area contributed by atoms with Crippen molar-refractivity contribution in [2.75, 3.05) is 0 Å². The molecule has 1 aromatic carbocycles. The first-order valence-electron chi connectivity index (χ1n) is 4.18. The van der Waals surface area contributed by atoms with E-state index in [1.54, 1.807) is 36.7 Å². The van der Waals surface area contributed by atoms with Crippen LogP contribution in [0.4, 0.5) is 0 Å². The van der Waals surface area contributed by atoms with E-state index in [2.05, 4.69) is 9.97 Å². The van der Waals surface area contributed by atoms with Gasteiger partial charge in [-0.2, -0.15) is 0 Å². The first-order chi connectivity index (χ1) is 7.24. The van der Waals surface area contributed by atoms with Gasteiger partial charge in [-0.1, -0.05) is 11.6 Å². The molecule has 0 aliphatic heterocycles. The maximum Gasteiger partial charge on any atom is 0.192 e. The smallest absolute Gasteiger partial charge is 0.192 e. The summed E-state index contributed by atoms with van der Waals surface area (Å²) >= 11 is 7.08. The zero-order valence-corrected chi connectivity index (χ0v) is 9.16. The van der Waals surface area contributed by atoms with E-state index in [-0.39, 0.29) is 5.75 Å². The van der Waals surface area contributed by atoms with Crippen LogP contribution in [0.5, 0.6) is 5.75 Å². The van der Waals surface area contributed by atoms with E-state index in [9.17, 15) is 0 Å². The minimum Gasteiger partial charge on any atom is -0.508 e. The van der Waals surface area contributed by atoms with E-state index in [0.717, 1.165) is 4.90 Å². The second-order valence-corrected chi connectivity index (χ2v) is 4.26. The van der Waals surface area contributed by atoms with Gasteiger partial charge in [-0.05, 0) is 36.0 Å². The van der Waals surface area contributed by atoms with E-state index in [1.165, 1.54) is 11.8 Å². The Labute approximate surface area is 96.1 Å². The summed E-state index contributed by atoms with van der Waals surface area (Å²) in [7, 11) is 0. The van der Waals surface area contributed by atoms with Crippen LogP contribution in [0.3, 0.4) is 0 Å². The number of nitrogens with zero attached hydrogens (tertiary/aromatic N) is 2. The van der Waals surface area contributed by atoms with Gasteiger partial charge in [-0.15, -0.1) is 0 Å². The predicted octanol–water partition coefficient (Wildman–Crippen LogP) is 2.99. The van der Waals surface area contributed by atoms with Gasteiger partial charge in [0.15, 0.2) is 5.16 Å². The van der Waals surface area contributed by atoms with Crippen molar-refractivity contribution in [2.45, 2.75) is 10.1 Å². The SMILES string of the molecule is Oc1ccc(Sc2ncc(Cl)cn2)cc1. The number of rotatable bonds is 2. The Kier molecular flexibility index (Phi) is 3.08. The molecule has 0 aliphatic rings. The van der Waals surface area contributed by atoms with Gasteiger partial charge in [-0.25, -0.2) is 9.97 Å². The molecule has 0 spiro atoms. The van der Waals surface area contributed by atoms with E-state index >= 15 is 0 Å². The van der Waals surface area contributed by atoms with E-state index in [0.29, 0.717) is 10.2 Å². The highest BCUT2D eigenvalue weighted by Crippen LogP contribution is 2.25. The van der Waals surface area contributed by atoms with Gasteiger partial charge in [-0.3, -0.25) is 0 Å². The van der Waals surface area contributed by atoms with Crippen LogP contribution in [-0.4, -0.2) is 15.1 Å². The molecule has 76 valence electrons. The molecule has 0 bridgehead atoms. The molecule has 0 aliphatic carbocycles. The molecule has 5 heteroatoms. The van der Waals surface area contributed by atoms with Crippen molar-refractivity contribution in [2.24, 2.45) is 0 Å². The Bertz CT molecular complexity index is 400. The summed E-state index contributed by atoms with van der Waals surface area (Å²) in [6.07, 6.45) is 3.11. The molecule has 3 nitrogen and oxygen atoms in total. The summed E-state index contributed by atoms with van der Waals surface area (Å²) in [5.74, 6) is 0.247. The van der Waals surface area contributed by atoms with Crippen molar-refractivity contribution in [3.63, 3.8) is 0 Å². The Morgan fingerprint density at radius 2 is 1.67 bits per heavy atom. The number of aromatic hydroxyl groups is 1. The molecule has 0 saturated carbocycles. The lowest BCUT2D eigenvalue weighted by Crippen LogP contribution is -1.83. The molecule has 0 saturated heterocycles. The fourth-order valence-electron chi connectivity index (χ4n) is 0.973. The lowest BCUT2D eigenvalue weighted by atomic mass is 10.3. The van der Waals surface area contributed by atoms with E-state index in [4.69, 9.17) is 16.7 Å². The summed E-state index contributed by atoms with van der Waals surface area (Å²) in [5, 5.41) is 10.2. The Hall–Kier alpha value is -1.26. The monoisotopic (exact) mass is 238 g/mol. The largest absolute Gasteiger partial charge is 0.508 e. The van der Waals surface area contributed by atoms with Gasteiger partial charge in [0, 0.05) is 4.90 Å². The lowest BCUT2D eigenvalue weighted by molar-refractivity contribution is 0.475. The van der Waals surface area contributed by atoms with Crippen molar-refractivity contribution in [3.8, 4) is 5.75 Å². The van der Waals surface area contributed by atoms with Gasteiger partial charge in [0.05, 0.1) is 17.4 Å². The summed E-state index contributed by atoms with van der Waals surface area (Å²) in [4.78, 5) is 9.07. The summed E-state index contributed by atoms with van der Waals surface area (Å²) in [5.41, 5.74) is 0. The topological polar surface area (TPSA) is 46.0 Å². The summed E-state index contributed by atoms with van der Waals surface area (Å²) in [6.45, 7) is 0. The van der Waals surface area contributed by atoms with Gasteiger partial charge < -0.3 is 5.11 Å². The minimum atomic E-state index is 0.247. The minimum absolute atomic E-state index is 0.247. The number of phenols is 1. The van der Waals surface area contributed by atoms with Crippen LogP contribution in [0.1, 0.15) is 0 Å². The maximum absolute atomic E-state index is 9.10. The van der Waals surface area contributed by atoms with Gasteiger partial charge >= 0.3 is 0 Å². The van der Waals surface area contributed by atoms with Gasteiger partial charge in [0.2, 0.25) is 0 Å². The van der Waals surface area contributed by atoms with Crippen molar-refractivity contribution < 1.29 is 5.11 Å². The normalized spacial score (nSPS) is 10.2. The third kappa shape index (κ3) is 2.84. The summed E-state index contributed by atoms with van der Waals surface area (Å²) in [6, 6.07) is 6.85. The third-order valence-electron chi connectivity index (χ3n) is 1.64. The standard InChI is InChI=1S/C10H7ClN2OS/c11-7-5-12-10(13-6-7)15-9-3-1-8(14)2-4-9/h1-6,14H. The molecule has 0 unspecified atom stereocenters. The van der Waals surface area contributed by atoms with Crippen LogP contribution in [0.15, 0.2) is 46.7 Å². The number of aromatic nitrogens is 2. The number of hydrogen-bond donors (Lipinski definition) is 1. The number of halogens is 1. The number of phenolic OH excluding ortho intramolecular Hbond substituents is 1. The fourth-order valence-corrected chi connectivity index (χ4v) is 1.76. The van der Waals surface area contributed by atoms with Crippen molar-refractivity contribution in [1.29, 1.82) is 0 Å². The zero-order chi connectivity index (χ0) is 10.7. The highest BCUT2D eigenvalue weighted by Gasteiger charge is 2.00. The van der Waals surface area contributed by atoms with Crippen molar-refractivity contribution >= 4 is 23.4 Å². The third-order valence-corrected chi connectivity index (χ3v) is 2.74. The van der Waals surface area contributed by atoms with Crippen LogP contribution in [0.2, 0.25) is 5.02 Å². The first kappa shape index (κ1) is 10.3. The molecule has 1 aromatic heterocycles. The average molecular weight is 239 g/mol. The average Bonchev–Trinajstić information content (AvgIpc) is 2.25. The van der Waals surface area contributed by atoms with Crippen LogP contribution in [-0.2, 0) is 0 Å². The van der Waals surface area contributed by atoms with Crippen LogP contribution < -0.4 is 0 Å². The van der Waals surface area contributed by atoms with Gasteiger partial charge in [0.1, 0.15) is 5.75 Å². The molecule has 2 rings (SSSR count). The molecule has 1 heterocycles. The molecule has 1 N–H and O–H groups in total. The van der Waals surface area contributed by atoms with Crippen LogP contribution in [0, 0.1) is 0 Å².